The standard InChI is InChI=1S/C18H26N4O2.C8H9N.C2H6/c1-3-9-22(10-4-2)15-13-16(19)21-18(14-15)24-12-11-23-17-7-5-6-8-20-17;1-7-3-2-4-8(5-7)6-9;1-2/h5-8,13-14H,3-4,9-12H2,1-2H3,(H2,19,21);2-6,9H,1H3;1-2H3. The topological polar surface area (TPSA) is 97.3 Å². The zero-order valence-corrected chi connectivity index (χ0v) is 21.8. The molecule has 1 aromatic carbocycles. The summed E-state index contributed by atoms with van der Waals surface area (Å²) in [4.78, 5) is 10.6. The Morgan fingerprint density at radius 1 is 0.914 bits per heavy atom. The summed E-state index contributed by atoms with van der Waals surface area (Å²) in [6.07, 6.45) is 5.21. The zero-order chi connectivity index (χ0) is 25.9. The highest BCUT2D eigenvalue weighted by atomic mass is 16.5. The Bertz CT molecular complexity index is 961. The lowest BCUT2D eigenvalue weighted by Gasteiger charge is -2.24. The van der Waals surface area contributed by atoms with Crippen LogP contribution in [0.3, 0.4) is 0 Å². The highest BCUT2D eigenvalue weighted by Crippen LogP contribution is 2.23. The van der Waals surface area contributed by atoms with E-state index in [9.17, 15) is 0 Å². The molecule has 2 aromatic heterocycles. The molecule has 190 valence electrons. The monoisotopic (exact) mass is 479 g/mol. The van der Waals surface area contributed by atoms with Crippen molar-refractivity contribution in [3.63, 3.8) is 0 Å². The van der Waals surface area contributed by atoms with E-state index in [0.717, 1.165) is 37.2 Å². The molecule has 0 amide bonds. The molecular weight excluding hydrogens is 438 g/mol. The molecule has 0 fully saturated rings. The molecule has 0 radical (unpaired) electrons. The first kappa shape index (κ1) is 29.4. The fourth-order valence-corrected chi connectivity index (χ4v) is 3.16. The number of aromatic nitrogens is 2. The van der Waals surface area contributed by atoms with Crippen molar-refractivity contribution in [3.8, 4) is 11.8 Å². The Labute approximate surface area is 210 Å². The summed E-state index contributed by atoms with van der Waals surface area (Å²) in [6, 6.07) is 17.2. The van der Waals surface area contributed by atoms with Gasteiger partial charge in [0.05, 0.1) is 0 Å². The van der Waals surface area contributed by atoms with Crippen LogP contribution >= 0.6 is 0 Å². The maximum atomic E-state index is 6.92. The molecule has 7 nitrogen and oxygen atoms in total. The van der Waals surface area contributed by atoms with Crippen LogP contribution in [0.5, 0.6) is 11.8 Å². The second-order valence-corrected chi connectivity index (χ2v) is 7.50. The van der Waals surface area contributed by atoms with Gasteiger partial charge in [-0.3, -0.25) is 0 Å². The van der Waals surface area contributed by atoms with Crippen LogP contribution in [0.1, 0.15) is 51.7 Å². The molecule has 0 spiro atoms. The van der Waals surface area contributed by atoms with E-state index in [4.69, 9.17) is 20.6 Å². The van der Waals surface area contributed by atoms with Gasteiger partial charge in [-0.1, -0.05) is 63.6 Å². The van der Waals surface area contributed by atoms with Gasteiger partial charge in [-0.2, -0.15) is 4.98 Å². The number of nitrogens with two attached hydrogens (primary N) is 1. The van der Waals surface area contributed by atoms with Crippen molar-refractivity contribution in [1.82, 2.24) is 9.97 Å². The summed E-state index contributed by atoms with van der Waals surface area (Å²) >= 11 is 0. The maximum Gasteiger partial charge on any atom is 0.217 e. The van der Waals surface area contributed by atoms with Gasteiger partial charge in [0.15, 0.2) is 0 Å². The predicted octanol–water partition coefficient (Wildman–Crippen LogP) is 6.16. The first-order valence-corrected chi connectivity index (χ1v) is 12.3. The summed E-state index contributed by atoms with van der Waals surface area (Å²) in [7, 11) is 0. The van der Waals surface area contributed by atoms with E-state index in [2.05, 4.69) is 28.7 Å². The molecule has 0 aliphatic rings. The number of nitrogens with one attached hydrogen (secondary N) is 1. The molecule has 0 atom stereocenters. The lowest BCUT2D eigenvalue weighted by Crippen LogP contribution is -2.25. The number of nitrogen functional groups attached to an aromatic ring is 1. The molecule has 35 heavy (non-hydrogen) atoms. The third-order valence-electron chi connectivity index (χ3n) is 4.59. The van der Waals surface area contributed by atoms with Crippen LogP contribution in [-0.2, 0) is 0 Å². The number of ether oxygens (including phenoxy) is 2. The van der Waals surface area contributed by atoms with Crippen molar-refractivity contribution in [2.45, 2.75) is 47.5 Å². The highest BCUT2D eigenvalue weighted by Gasteiger charge is 2.09. The number of aryl methyl sites for hydroxylation is 1. The van der Waals surface area contributed by atoms with Crippen molar-refractivity contribution < 1.29 is 9.47 Å². The van der Waals surface area contributed by atoms with Gasteiger partial charge in [0.2, 0.25) is 11.8 Å². The summed E-state index contributed by atoms with van der Waals surface area (Å²) < 4.78 is 11.2. The summed E-state index contributed by atoms with van der Waals surface area (Å²) in [6.45, 7) is 13.1. The molecule has 0 saturated carbocycles. The van der Waals surface area contributed by atoms with Gasteiger partial charge in [0, 0.05) is 49.4 Å². The number of pyridine rings is 2. The average Bonchev–Trinajstić information content (AvgIpc) is 2.88. The molecule has 2 heterocycles. The van der Waals surface area contributed by atoms with Crippen LogP contribution in [0.25, 0.3) is 0 Å². The van der Waals surface area contributed by atoms with E-state index in [1.54, 1.807) is 6.20 Å². The second-order valence-electron chi connectivity index (χ2n) is 7.50. The van der Waals surface area contributed by atoms with Crippen molar-refractivity contribution >= 4 is 17.7 Å². The quantitative estimate of drug-likeness (QED) is 0.252. The third-order valence-corrected chi connectivity index (χ3v) is 4.59. The number of hydrogen-bond donors (Lipinski definition) is 2. The molecule has 3 rings (SSSR count). The van der Waals surface area contributed by atoms with Gasteiger partial charge >= 0.3 is 0 Å². The van der Waals surface area contributed by atoms with E-state index in [1.165, 1.54) is 11.8 Å². The number of nitrogens with zero attached hydrogens (tertiary/aromatic N) is 3. The maximum absolute atomic E-state index is 6.92. The number of hydrogen-bond acceptors (Lipinski definition) is 7. The Morgan fingerprint density at radius 2 is 1.60 bits per heavy atom. The number of anilines is 2. The molecule has 7 heteroatoms. The van der Waals surface area contributed by atoms with Crippen LogP contribution in [0.2, 0.25) is 0 Å². The molecular formula is C28H41N5O2. The molecule has 0 saturated heterocycles. The molecule has 0 unspecified atom stereocenters. The minimum Gasteiger partial charge on any atom is -0.474 e. The van der Waals surface area contributed by atoms with Crippen molar-refractivity contribution in [2.75, 3.05) is 36.9 Å². The fraction of sp³-hybridized carbons (Fsp3) is 0.393. The van der Waals surface area contributed by atoms with Gasteiger partial charge in [0.1, 0.15) is 19.0 Å². The number of benzene rings is 1. The van der Waals surface area contributed by atoms with Crippen LogP contribution in [-0.4, -0.2) is 42.5 Å². The minimum atomic E-state index is 0.383. The summed E-state index contributed by atoms with van der Waals surface area (Å²) in [5.41, 5.74) is 9.15. The predicted molar refractivity (Wildman–Crippen MR) is 147 cm³/mol. The highest BCUT2D eigenvalue weighted by molar-refractivity contribution is 5.76. The van der Waals surface area contributed by atoms with Gasteiger partial charge in [-0.05, 0) is 31.4 Å². The summed E-state index contributed by atoms with van der Waals surface area (Å²) in [5, 5.41) is 6.92. The van der Waals surface area contributed by atoms with E-state index >= 15 is 0 Å². The molecule has 0 bridgehead atoms. The average molecular weight is 480 g/mol. The molecule has 3 N–H and O–H groups in total. The van der Waals surface area contributed by atoms with Crippen LogP contribution in [0, 0.1) is 12.3 Å². The third kappa shape index (κ3) is 11.9. The van der Waals surface area contributed by atoms with Gasteiger partial charge < -0.3 is 25.5 Å². The van der Waals surface area contributed by atoms with Crippen LogP contribution in [0.4, 0.5) is 11.5 Å². The molecule has 3 aromatic rings. The van der Waals surface area contributed by atoms with Crippen LogP contribution < -0.4 is 20.1 Å². The van der Waals surface area contributed by atoms with Crippen molar-refractivity contribution in [1.29, 1.82) is 5.41 Å². The molecule has 0 aliphatic heterocycles. The van der Waals surface area contributed by atoms with E-state index in [1.807, 2.05) is 75.4 Å². The van der Waals surface area contributed by atoms with Crippen LogP contribution in [0.15, 0.2) is 60.8 Å². The van der Waals surface area contributed by atoms with E-state index in [-0.39, 0.29) is 0 Å². The van der Waals surface area contributed by atoms with Gasteiger partial charge in [0.25, 0.3) is 0 Å². The Morgan fingerprint density at radius 3 is 2.14 bits per heavy atom. The number of rotatable bonds is 11. The smallest absolute Gasteiger partial charge is 0.217 e. The fourth-order valence-electron chi connectivity index (χ4n) is 3.16. The lowest BCUT2D eigenvalue weighted by molar-refractivity contribution is 0.207. The second kappa shape index (κ2) is 17.8. The van der Waals surface area contributed by atoms with Gasteiger partial charge in [-0.15, -0.1) is 0 Å². The molecule has 0 aliphatic carbocycles. The lowest BCUT2D eigenvalue weighted by atomic mass is 10.2. The Hall–Kier alpha value is -3.61. The van der Waals surface area contributed by atoms with E-state index < -0.39 is 0 Å². The SMILES string of the molecule is CC.CCCN(CCC)c1cc(N)nc(OCCOc2ccccn2)c1.Cc1cccc(C=N)c1. The first-order valence-electron chi connectivity index (χ1n) is 12.3. The van der Waals surface area contributed by atoms with E-state index in [0.29, 0.717) is 30.8 Å². The normalized spacial score (nSPS) is 9.63. The Balaban J connectivity index is 0.000000464. The first-order chi connectivity index (χ1) is 17.0. The van der Waals surface area contributed by atoms with Gasteiger partial charge in [-0.25, -0.2) is 4.98 Å². The zero-order valence-electron chi connectivity index (χ0n) is 21.8. The minimum absolute atomic E-state index is 0.383. The summed E-state index contributed by atoms with van der Waals surface area (Å²) in [5.74, 6) is 1.57. The van der Waals surface area contributed by atoms with Crippen molar-refractivity contribution in [3.05, 3.63) is 71.9 Å². The largest absolute Gasteiger partial charge is 0.474 e. The Kier molecular flexibility index (Phi) is 15.0. The van der Waals surface area contributed by atoms with Crippen molar-refractivity contribution in [2.24, 2.45) is 0 Å².